The van der Waals surface area contributed by atoms with E-state index in [0.717, 1.165) is 18.3 Å². The molecule has 0 spiro atoms. The van der Waals surface area contributed by atoms with Crippen LogP contribution >= 0.6 is 0 Å². The summed E-state index contributed by atoms with van der Waals surface area (Å²) in [6.45, 7) is 4.52. The van der Waals surface area contributed by atoms with Gasteiger partial charge in [0.1, 0.15) is 0 Å². The van der Waals surface area contributed by atoms with Crippen molar-refractivity contribution >= 4 is 12.2 Å². The highest BCUT2D eigenvalue weighted by Crippen LogP contribution is 2.33. The van der Waals surface area contributed by atoms with Gasteiger partial charge in [-0.15, -0.1) is 0 Å². The van der Waals surface area contributed by atoms with E-state index in [9.17, 15) is 0 Å². The molecule has 1 aliphatic carbocycles. The average molecular weight is 361 g/mol. The standard InChI is InChI=1S/C27H36/c1-3-5-23-10-12-25(13-11-23)16-17-27-20-18-26(19-21-27)15-14-24-8-6-22(4-2)7-9-24/h6-9,14-15,18-21,23,25H,3-5,10-13,16-17H2,1-2H3/b15-14+/t23-,25-. The van der Waals surface area contributed by atoms with Gasteiger partial charge in [-0.2, -0.15) is 0 Å². The zero-order chi connectivity index (χ0) is 18.9. The number of hydrogen-bond acceptors (Lipinski definition) is 0. The average Bonchev–Trinajstić information content (AvgIpc) is 2.73. The molecule has 1 aliphatic rings. The van der Waals surface area contributed by atoms with Crippen LogP contribution in [0.4, 0.5) is 0 Å². The summed E-state index contributed by atoms with van der Waals surface area (Å²) in [5.74, 6) is 1.99. The maximum absolute atomic E-state index is 2.33. The van der Waals surface area contributed by atoms with Crippen molar-refractivity contribution in [1.82, 2.24) is 0 Å². The molecule has 3 rings (SSSR count). The Hall–Kier alpha value is -1.82. The van der Waals surface area contributed by atoms with E-state index in [0.29, 0.717) is 0 Å². The number of rotatable bonds is 8. The molecule has 0 heterocycles. The van der Waals surface area contributed by atoms with Crippen LogP contribution in [-0.4, -0.2) is 0 Å². The van der Waals surface area contributed by atoms with E-state index >= 15 is 0 Å². The fourth-order valence-corrected chi connectivity index (χ4v) is 4.44. The summed E-state index contributed by atoms with van der Waals surface area (Å²) in [4.78, 5) is 0. The van der Waals surface area contributed by atoms with Crippen molar-refractivity contribution in [2.24, 2.45) is 11.8 Å². The van der Waals surface area contributed by atoms with Gasteiger partial charge in [0, 0.05) is 0 Å². The predicted molar refractivity (Wildman–Crippen MR) is 120 cm³/mol. The molecule has 0 nitrogen and oxygen atoms in total. The normalized spacial score (nSPS) is 20.2. The van der Waals surface area contributed by atoms with Gasteiger partial charge in [0.25, 0.3) is 0 Å². The lowest BCUT2D eigenvalue weighted by molar-refractivity contribution is 0.252. The third kappa shape index (κ3) is 6.38. The largest absolute Gasteiger partial charge is 0.0654 e. The topological polar surface area (TPSA) is 0 Å². The fourth-order valence-electron chi connectivity index (χ4n) is 4.44. The highest BCUT2D eigenvalue weighted by molar-refractivity contribution is 5.69. The van der Waals surface area contributed by atoms with Crippen LogP contribution in [-0.2, 0) is 12.8 Å². The fraction of sp³-hybridized carbons (Fsp3) is 0.481. The van der Waals surface area contributed by atoms with Gasteiger partial charge < -0.3 is 0 Å². The molecule has 144 valence electrons. The van der Waals surface area contributed by atoms with Crippen LogP contribution in [0.25, 0.3) is 12.2 Å². The lowest BCUT2D eigenvalue weighted by Gasteiger charge is -2.28. The maximum atomic E-state index is 2.33. The Labute approximate surface area is 166 Å². The summed E-state index contributed by atoms with van der Waals surface area (Å²) in [6, 6.07) is 18.0. The van der Waals surface area contributed by atoms with Crippen LogP contribution in [0.2, 0.25) is 0 Å². The molecule has 1 saturated carbocycles. The summed E-state index contributed by atoms with van der Waals surface area (Å²) in [5, 5.41) is 0. The molecule has 0 saturated heterocycles. The van der Waals surface area contributed by atoms with E-state index in [1.54, 1.807) is 0 Å². The monoisotopic (exact) mass is 360 g/mol. The van der Waals surface area contributed by atoms with Gasteiger partial charge in [0.05, 0.1) is 0 Å². The van der Waals surface area contributed by atoms with Crippen LogP contribution in [0, 0.1) is 11.8 Å². The van der Waals surface area contributed by atoms with E-state index in [1.807, 2.05) is 0 Å². The van der Waals surface area contributed by atoms with Gasteiger partial charge >= 0.3 is 0 Å². The van der Waals surface area contributed by atoms with Crippen molar-refractivity contribution in [3.05, 3.63) is 70.8 Å². The molecule has 0 bridgehead atoms. The molecule has 0 atom stereocenters. The molecule has 0 aliphatic heterocycles. The summed E-state index contributed by atoms with van der Waals surface area (Å²) < 4.78 is 0. The Morgan fingerprint density at radius 3 is 1.63 bits per heavy atom. The second-order valence-electron chi connectivity index (χ2n) is 8.38. The summed E-state index contributed by atoms with van der Waals surface area (Å²) in [7, 11) is 0. The van der Waals surface area contributed by atoms with Crippen molar-refractivity contribution in [2.45, 2.75) is 71.6 Å². The van der Waals surface area contributed by atoms with Crippen LogP contribution < -0.4 is 0 Å². The second-order valence-corrected chi connectivity index (χ2v) is 8.38. The van der Waals surface area contributed by atoms with Crippen molar-refractivity contribution in [3.8, 4) is 0 Å². The first-order valence-electron chi connectivity index (χ1n) is 11.1. The zero-order valence-electron chi connectivity index (χ0n) is 17.3. The minimum Gasteiger partial charge on any atom is -0.0654 e. The minimum atomic E-state index is 0.962. The van der Waals surface area contributed by atoms with Gasteiger partial charge in [-0.25, -0.2) is 0 Å². The van der Waals surface area contributed by atoms with Gasteiger partial charge in [-0.3, -0.25) is 0 Å². The maximum Gasteiger partial charge on any atom is -0.0256 e. The number of hydrogen-bond donors (Lipinski definition) is 0. The minimum absolute atomic E-state index is 0.962. The first kappa shape index (κ1) is 19.9. The SMILES string of the molecule is CCC[C@H]1CC[C@H](CCc2ccc(/C=C/c3ccc(CC)cc3)cc2)CC1. The quantitative estimate of drug-likeness (QED) is 0.419. The van der Waals surface area contributed by atoms with Crippen molar-refractivity contribution < 1.29 is 0 Å². The second kappa shape index (κ2) is 10.5. The van der Waals surface area contributed by atoms with Crippen LogP contribution in [0.15, 0.2) is 48.5 Å². The lowest BCUT2D eigenvalue weighted by Crippen LogP contribution is -2.15. The zero-order valence-corrected chi connectivity index (χ0v) is 17.3. The molecular formula is C27H36. The van der Waals surface area contributed by atoms with E-state index in [1.165, 1.54) is 73.6 Å². The summed E-state index contributed by atoms with van der Waals surface area (Å²) in [5.41, 5.74) is 5.46. The Bertz CT molecular complexity index is 682. The number of aryl methyl sites for hydroxylation is 2. The van der Waals surface area contributed by atoms with Crippen LogP contribution in [0.5, 0.6) is 0 Å². The molecule has 0 unspecified atom stereocenters. The third-order valence-corrected chi connectivity index (χ3v) is 6.34. The van der Waals surface area contributed by atoms with E-state index in [4.69, 9.17) is 0 Å². The highest BCUT2D eigenvalue weighted by atomic mass is 14.3. The molecule has 0 heteroatoms. The number of benzene rings is 2. The van der Waals surface area contributed by atoms with Crippen LogP contribution in [0.1, 0.15) is 81.0 Å². The van der Waals surface area contributed by atoms with Crippen LogP contribution in [0.3, 0.4) is 0 Å². The molecule has 0 amide bonds. The van der Waals surface area contributed by atoms with Gasteiger partial charge in [0.2, 0.25) is 0 Å². The Morgan fingerprint density at radius 1 is 0.667 bits per heavy atom. The third-order valence-electron chi connectivity index (χ3n) is 6.34. The van der Waals surface area contributed by atoms with Gasteiger partial charge in [-0.1, -0.05) is 113 Å². The Balaban J connectivity index is 1.45. The Morgan fingerprint density at radius 2 is 1.15 bits per heavy atom. The molecule has 1 fully saturated rings. The predicted octanol–water partition coefficient (Wildman–Crippen LogP) is 7.96. The van der Waals surface area contributed by atoms with E-state index in [-0.39, 0.29) is 0 Å². The molecule has 2 aromatic carbocycles. The first-order valence-corrected chi connectivity index (χ1v) is 11.1. The molecular weight excluding hydrogens is 324 g/mol. The Kier molecular flexibility index (Phi) is 7.75. The summed E-state index contributed by atoms with van der Waals surface area (Å²) in [6.07, 6.45) is 16.8. The molecule has 0 radical (unpaired) electrons. The first-order chi connectivity index (χ1) is 13.3. The van der Waals surface area contributed by atoms with Crippen molar-refractivity contribution in [1.29, 1.82) is 0 Å². The molecule has 0 N–H and O–H groups in total. The molecule has 0 aromatic heterocycles. The van der Waals surface area contributed by atoms with E-state index in [2.05, 4.69) is 74.5 Å². The smallest absolute Gasteiger partial charge is 0.0256 e. The summed E-state index contributed by atoms with van der Waals surface area (Å²) >= 11 is 0. The van der Waals surface area contributed by atoms with Crippen molar-refractivity contribution in [3.63, 3.8) is 0 Å². The lowest BCUT2D eigenvalue weighted by atomic mass is 9.78. The molecule has 2 aromatic rings. The van der Waals surface area contributed by atoms with E-state index < -0.39 is 0 Å². The molecule has 27 heavy (non-hydrogen) atoms. The van der Waals surface area contributed by atoms with Gasteiger partial charge in [-0.05, 0) is 53.4 Å². The highest BCUT2D eigenvalue weighted by Gasteiger charge is 2.20. The van der Waals surface area contributed by atoms with Gasteiger partial charge in [0.15, 0.2) is 0 Å². The van der Waals surface area contributed by atoms with Crippen molar-refractivity contribution in [2.75, 3.05) is 0 Å².